The van der Waals surface area contributed by atoms with Crippen LogP contribution < -0.4 is 16.1 Å². The molecule has 1 aromatic heterocycles. The molecule has 2 aromatic carbocycles. The number of benzene rings is 2. The molecule has 2 N–H and O–H groups in total. The van der Waals surface area contributed by atoms with Crippen LogP contribution in [0.1, 0.15) is 15.9 Å². The van der Waals surface area contributed by atoms with Crippen LogP contribution in [0.5, 0.6) is 5.75 Å². The second-order valence-corrected chi connectivity index (χ2v) is 5.21. The second-order valence-electron chi connectivity index (χ2n) is 5.21. The van der Waals surface area contributed by atoms with Crippen molar-refractivity contribution < 1.29 is 18.9 Å². The summed E-state index contributed by atoms with van der Waals surface area (Å²) in [6.07, 6.45) is 0. The molecule has 0 radical (unpaired) electrons. The monoisotopic (exact) mass is 340 g/mol. The van der Waals surface area contributed by atoms with E-state index in [1.54, 1.807) is 18.2 Å². The summed E-state index contributed by atoms with van der Waals surface area (Å²) in [7, 11) is 0. The molecule has 3 aromatic rings. The number of hydrogen-bond acceptors (Lipinski definition) is 6. The molecule has 0 saturated heterocycles. The lowest BCUT2D eigenvalue weighted by atomic mass is 10.1. The minimum atomic E-state index is -0.750. The Hall–Kier alpha value is -3.68. The van der Waals surface area contributed by atoms with E-state index < -0.39 is 16.5 Å². The highest BCUT2D eigenvalue weighted by atomic mass is 16.6. The highest BCUT2D eigenvalue weighted by molar-refractivity contribution is 5.93. The molecular weight excluding hydrogens is 328 g/mol. The Balaban J connectivity index is 1.87. The summed E-state index contributed by atoms with van der Waals surface area (Å²) in [6, 6.07) is 11.8. The van der Waals surface area contributed by atoms with Crippen molar-refractivity contribution in [2.75, 3.05) is 0 Å². The Kier molecular flexibility index (Phi) is 4.17. The number of hydrogen-bond donors (Lipinski definition) is 1. The molecule has 0 atom stereocenters. The van der Waals surface area contributed by atoms with Crippen molar-refractivity contribution in [1.82, 2.24) is 0 Å². The van der Waals surface area contributed by atoms with Crippen LogP contribution in [0.25, 0.3) is 11.0 Å². The van der Waals surface area contributed by atoms with Crippen LogP contribution in [0.3, 0.4) is 0 Å². The minimum Gasteiger partial charge on any atom is -0.489 e. The van der Waals surface area contributed by atoms with Gasteiger partial charge in [0.05, 0.1) is 10.5 Å². The smallest absolute Gasteiger partial charge is 0.336 e. The lowest BCUT2D eigenvalue weighted by molar-refractivity contribution is -0.385. The van der Waals surface area contributed by atoms with E-state index in [0.29, 0.717) is 11.3 Å². The molecule has 0 unspecified atom stereocenters. The molecule has 0 saturated carbocycles. The highest BCUT2D eigenvalue weighted by Gasteiger charge is 2.17. The fraction of sp³-hybridized carbons (Fsp3) is 0.0588. The average molecular weight is 340 g/mol. The lowest BCUT2D eigenvalue weighted by Crippen LogP contribution is -2.12. The lowest BCUT2D eigenvalue weighted by Gasteiger charge is -2.08. The SMILES string of the molecule is NC(=O)c1ccc(COc2ccc3ccc(=O)oc3c2)c([N+](=O)[O-])c1. The van der Waals surface area contributed by atoms with Gasteiger partial charge in [-0.05, 0) is 30.3 Å². The van der Waals surface area contributed by atoms with Gasteiger partial charge >= 0.3 is 5.63 Å². The van der Waals surface area contributed by atoms with Crippen molar-refractivity contribution >= 4 is 22.6 Å². The average Bonchev–Trinajstić information content (AvgIpc) is 2.59. The molecule has 0 spiro atoms. The standard InChI is InChI=1S/C17H12N2O6/c18-17(21)11-1-2-12(14(7-11)19(22)23)9-24-13-5-3-10-4-6-16(20)25-15(10)8-13/h1-8H,9H2,(H2,18,21). The van der Waals surface area contributed by atoms with Gasteiger partial charge in [-0.1, -0.05) is 0 Å². The molecule has 0 fully saturated rings. The predicted molar refractivity (Wildman–Crippen MR) is 88.4 cm³/mol. The van der Waals surface area contributed by atoms with Crippen LogP contribution in [0.15, 0.2) is 57.7 Å². The summed E-state index contributed by atoms with van der Waals surface area (Å²) in [4.78, 5) is 33.0. The molecule has 0 aliphatic carbocycles. The molecule has 1 heterocycles. The van der Waals surface area contributed by atoms with Gasteiger partial charge in [0, 0.05) is 29.1 Å². The van der Waals surface area contributed by atoms with E-state index in [1.165, 1.54) is 24.3 Å². The number of nitrogens with zero attached hydrogens (tertiary/aromatic N) is 1. The highest BCUT2D eigenvalue weighted by Crippen LogP contribution is 2.24. The molecule has 25 heavy (non-hydrogen) atoms. The molecule has 3 rings (SSSR count). The van der Waals surface area contributed by atoms with Crippen molar-refractivity contribution in [3.8, 4) is 5.75 Å². The Morgan fingerprint density at radius 2 is 1.92 bits per heavy atom. The van der Waals surface area contributed by atoms with Crippen LogP contribution in [0.4, 0.5) is 5.69 Å². The van der Waals surface area contributed by atoms with Crippen molar-refractivity contribution in [1.29, 1.82) is 0 Å². The van der Waals surface area contributed by atoms with E-state index in [1.807, 2.05) is 0 Å². The normalized spacial score (nSPS) is 10.6. The summed E-state index contributed by atoms with van der Waals surface area (Å²) in [6.45, 7) is -0.0993. The summed E-state index contributed by atoms with van der Waals surface area (Å²) < 4.78 is 10.6. The van der Waals surface area contributed by atoms with E-state index in [0.717, 1.165) is 11.5 Å². The fourth-order valence-electron chi connectivity index (χ4n) is 2.30. The second kappa shape index (κ2) is 6.44. The number of nitro benzene ring substituents is 1. The zero-order chi connectivity index (χ0) is 18.0. The maximum absolute atomic E-state index is 11.3. The summed E-state index contributed by atoms with van der Waals surface area (Å²) >= 11 is 0. The molecule has 8 nitrogen and oxygen atoms in total. The number of carbonyl (C=O) groups is 1. The first-order chi connectivity index (χ1) is 11.9. The quantitative estimate of drug-likeness (QED) is 0.432. The zero-order valence-electron chi connectivity index (χ0n) is 12.8. The van der Waals surface area contributed by atoms with E-state index in [9.17, 15) is 19.7 Å². The third kappa shape index (κ3) is 3.47. The number of amides is 1. The Morgan fingerprint density at radius 3 is 2.64 bits per heavy atom. The number of nitro groups is 1. The van der Waals surface area contributed by atoms with Crippen LogP contribution in [0, 0.1) is 10.1 Å². The van der Waals surface area contributed by atoms with E-state index in [2.05, 4.69) is 0 Å². The van der Waals surface area contributed by atoms with Gasteiger partial charge in [-0.3, -0.25) is 14.9 Å². The number of fused-ring (bicyclic) bond motifs is 1. The predicted octanol–water partition coefficient (Wildman–Crippen LogP) is 2.38. The zero-order valence-corrected chi connectivity index (χ0v) is 12.8. The third-order valence-corrected chi connectivity index (χ3v) is 3.56. The van der Waals surface area contributed by atoms with Crippen LogP contribution in [0.2, 0.25) is 0 Å². The maximum atomic E-state index is 11.3. The van der Waals surface area contributed by atoms with Crippen molar-refractivity contribution in [2.24, 2.45) is 5.73 Å². The number of rotatable bonds is 5. The van der Waals surface area contributed by atoms with Gasteiger partial charge in [0.25, 0.3) is 5.69 Å². The van der Waals surface area contributed by atoms with Gasteiger partial charge in [0.15, 0.2) is 0 Å². The number of carbonyl (C=O) groups excluding carboxylic acids is 1. The van der Waals surface area contributed by atoms with E-state index in [-0.39, 0.29) is 23.4 Å². The summed E-state index contributed by atoms with van der Waals surface area (Å²) in [5.41, 5.74) is 5.07. The van der Waals surface area contributed by atoms with Gasteiger partial charge in [0.1, 0.15) is 17.9 Å². The molecule has 1 amide bonds. The van der Waals surface area contributed by atoms with E-state index >= 15 is 0 Å². The van der Waals surface area contributed by atoms with E-state index in [4.69, 9.17) is 14.9 Å². The Labute approximate surface area is 140 Å². The van der Waals surface area contributed by atoms with Crippen LogP contribution >= 0.6 is 0 Å². The first kappa shape index (κ1) is 16.2. The van der Waals surface area contributed by atoms with Crippen LogP contribution in [-0.4, -0.2) is 10.8 Å². The van der Waals surface area contributed by atoms with Gasteiger partial charge < -0.3 is 14.9 Å². The molecule has 126 valence electrons. The van der Waals surface area contributed by atoms with Gasteiger partial charge in [-0.2, -0.15) is 0 Å². The first-order valence-electron chi connectivity index (χ1n) is 7.18. The molecule has 8 heteroatoms. The number of nitrogens with two attached hydrogens (primary N) is 1. The Bertz CT molecular complexity index is 1040. The fourth-order valence-corrected chi connectivity index (χ4v) is 2.30. The van der Waals surface area contributed by atoms with Crippen molar-refractivity contribution in [3.05, 3.63) is 80.2 Å². The Morgan fingerprint density at radius 1 is 1.16 bits per heavy atom. The molecule has 0 aliphatic heterocycles. The molecular formula is C17H12N2O6. The topological polar surface area (TPSA) is 126 Å². The van der Waals surface area contributed by atoms with Gasteiger partial charge in [0.2, 0.25) is 5.91 Å². The molecule has 0 aliphatic rings. The van der Waals surface area contributed by atoms with Gasteiger partial charge in [-0.25, -0.2) is 4.79 Å². The largest absolute Gasteiger partial charge is 0.489 e. The summed E-state index contributed by atoms with van der Waals surface area (Å²) in [5.74, 6) is -0.366. The number of primary amides is 1. The first-order valence-corrected chi connectivity index (χ1v) is 7.18. The number of ether oxygens (including phenoxy) is 1. The maximum Gasteiger partial charge on any atom is 0.336 e. The molecule has 0 bridgehead atoms. The van der Waals surface area contributed by atoms with Gasteiger partial charge in [-0.15, -0.1) is 0 Å². The summed E-state index contributed by atoms with van der Waals surface area (Å²) in [5, 5.41) is 11.9. The van der Waals surface area contributed by atoms with Crippen LogP contribution in [-0.2, 0) is 6.61 Å². The van der Waals surface area contributed by atoms with Crippen molar-refractivity contribution in [2.45, 2.75) is 6.61 Å². The van der Waals surface area contributed by atoms with Crippen molar-refractivity contribution in [3.63, 3.8) is 0 Å². The minimum absolute atomic E-state index is 0.0444. The third-order valence-electron chi connectivity index (χ3n) is 3.56.